The van der Waals surface area contributed by atoms with Gasteiger partial charge in [0, 0.05) is 13.0 Å². The minimum atomic E-state index is -0.262. The number of imidazole rings is 1. The summed E-state index contributed by atoms with van der Waals surface area (Å²) in [6, 6.07) is 7.49. The number of nitrogens with zero attached hydrogens (tertiary/aromatic N) is 2. The van der Waals surface area contributed by atoms with Gasteiger partial charge in [0.2, 0.25) is 17.7 Å². The molecule has 2 aliphatic rings. The Kier molecular flexibility index (Phi) is 5.39. The molecule has 0 unspecified atom stereocenters. The number of amides is 3. The second-order valence-electron chi connectivity index (χ2n) is 8.50. The third-order valence-corrected chi connectivity index (χ3v) is 6.18. The van der Waals surface area contributed by atoms with E-state index in [1.54, 1.807) is 0 Å². The Balaban J connectivity index is 1.40. The predicted molar refractivity (Wildman–Crippen MR) is 109 cm³/mol. The molecule has 0 radical (unpaired) electrons. The molecule has 154 valence electrons. The first-order valence-electron chi connectivity index (χ1n) is 10.5. The Morgan fingerprint density at radius 3 is 2.45 bits per heavy atom. The van der Waals surface area contributed by atoms with E-state index in [9.17, 15) is 14.4 Å². The summed E-state index contributed by atoms with van der Waals surface area (Å²) >= 11 is 0. The second-order valence-corrected chi connectivity index (χ2v) is 8.50. The molecule has 29 heavy (non-hydrogen) atoms. The summed E-state index contributed by atoms with van der Waals surface area (Å²) in [6.45, 7) is 4.20. The van der Waals surface area contributed by atoms with Crippen LogP contribution >= 0.6 is 0 Å². The molecule has 2 N–H and O–H groups in total. The summed E-state index contributed by atoms with van der Waals surface area (Å²) in [4.78, 5) is 47.0. The van der Waals surface area contributed by atoms with E-state index in [0.717, 1.165) is 36.7 Å². The van der Waals surface area contributed by atoms with E-state index in [1.807, 2.05) is 38.1 Å². The van der Waals surface area contributed by atoms with Gasteiger partial charge in [-0.15, -0.1) is 0 Å². The van der Waals surface area contributed by atoms with Crippen molar-refractivity contribution in [2.24, 2.45) is 17.8 Å². The number of hydrogen-bond acceptors (Lipinski definition) is 4. The molecule has 3 amide bonds. The molecule has 2 fully saturated rings. The van der Waals surface area contributed by atoms with Gasteiger partial charge in [0.15, 0.2) is 0 Å². The molecule has 1 aliphatic carbocycles. The lowest BCUT2D eigenvalue weighted by Gasteiger charge is -2.21. The zero-order valence-electron chi connectivity index (χ0n) is 17.0. The van der Waals surface area contributed by atoms with Gasteiger partial charge in [-0.05, 0) is 30.9 Å². The number of nitrogens with one attached hydrogen (secondary N) is 2. The van der Waals surface area contributed by atoms with Crippen LogP contribution in [0.3, 0.4) is 0 Å². The van der Waals surface area contributed by atoms with E-state index in [0.29, 0.717) is 5.82 Å². The SMILES string of the molecule is CC(C)[C@H](NC(=O)CCN1C(=O)[C@@H]2CCCC[C@H]2C1=O)c1nc2ccccc2[nH]1. The number of fused-ring (bicyclic) bond motifs is 2. The van der Waals surface area contributed by atoms with Crippen molar-refractivity contribution in [3.8, 4) is 0 Å². The van der Waals surface area contributed by atoms with Crippen molar-refractivity contribution in [3.63, 3.8) is 0 Å². The summed E-state index contributed by atoms with van der Waals surface area (Å²) in [7, 11) is 0. The number of aromatic amines is 1. The average molecular weight is 396 g/mol. The number of carbonyl (C=O) groups excluding carboxylic acids is 3. The monoisotopic (exact) mass is 396 g/mol. The lowest BCUT2D eigenvalue weighted by molar-refractivity contribution is -0.140. The van der Waals surface area contributed by atoms with Crippen LogP contribution in [0.1, 0.15) is 57.8 Å². The van der Waals surface area contributed by atoms with Crippen LogP contribution in [0.5, 0.6) is 0 Å². The Hall–Kier alpha value is -2.70. The summed E-state index contributed by atoms with van der Waals surface area (Å²) in [6.07, 6.45) is 3.70. The average Bonchev–Trinajstić information content (AvgIpc) is 3.24. The van der Waals surface area contributed by atoms with Crippen LogP contribution in [0.25, 0.3) is 11.0 Å². The van der Waals surface area contributed by atoms with Crippen molar-refractivity contribution in [2.75, 3.05) is 6.54 Å². The van der Waals surface area contributed by atoms with Gasteiger partial charge < -0.3 is 10.3 Å². The first-order chi connectivity index (χ1) is 14.0. The lowest BCUT2D eigenvalue weighted by Crippen LogP contribution is -2.37. The van der Waals surface area contributed by atoms with E-state index in [-0.39, 0.29) is 54.5 Å². The zero-order chi connectivity index (χ0) is 20.5. The van der Waals surface area contributed by atoms with Gasteiger partial charge >= 0.3 is 0 Å². The fraction of sp³-hybridized carbons (Fsp3) is 0.545. The normalized spacial score (nSPS) is 22.9. The first-order valence-corrected chi connectivity index (χ1v) is 10.5. The van der Waals surface area contributed by atoms with Gasteiger partial charge in [-0.2, -0.15) is 0 Å². The van der Waals surface area contributed by atoms with Crippen LogP contribution in [0.15, 0.2) is 24.3 Å². The maximum Gasteiger partial charge on any atom is 0.233 e. The summed E-state index contributed by atoms with van der Waals surface area (Å²) in [5.74, 6) is 0.151. The standard InChI is InChI=1S/C22H28N4O3/c1-13(2)19(20-23-16-9-5-6-10-17(16)24-20)25-18(27)11-12-26-21(28)14-7-3-4-8-15(14)22(26)29/h5-6,9-10,13-15,19H,3-4,7-8,11-12H2,1-2H3,(H,23,24)(H,25,27)/t14-,15-,19+/m1/s1. The van der Waals surface area contributed by atoms with Crippen molar-refractivity contribution in [2.45, 2.75) is 52.0 Å². The van der Waals surface area contributed by atoms with Gasteiger partial charge in [-0.3, -0.25) is 19.3 Å². The fourth-order valence-electron chi connectivity index (χ4n) is 4.58. The molecule has 2 aromatic rings. The van der Waals surface area contributed by atoms with Gasteiger partial charge in [0.05, 0.1) is 28.9 Å². The zero-order valence-corrected chi connectivity index (χ0v) is 17.0. The number of likely N-dealkylation sites (tertiary alicyclic amines) is 1. The number of rotatable bonds is 6. The van der Waals surface area contributed by atoms with Crippen LogP contribution in [-0.4, -0.2) is 39.1 Å². The molecule has 3 atom stereocenters. The van der Waals surface area contributed by atoms with Gasteiger partial charge in [0.1, 0.15) is 5.82 Å². The Labute approximate surface area is 170 Å². The predicted octanol–water partition coefficient (Wildman–Crippen LogP) is 2.94. The molecule has 1 aromatic heterocycles. The van der Waals surface area contributed by atoms with Crippen molar-refractivity contribution in [3.05, 3.63) is 30.1 Å². The van der Waals surface area contributed by atoms with E-state index in [2.05, 4.69) is 15.3 Å². The summed E-state index contributed by atoms with van der Waals surface area (Å²) in [5, 5.41) is 3.03. The number of hydrogen-bond donors (Lipinski definition) is 2. The Bertz CT molecular complexity index is 878. The van der Waals surface area contributed by atoms with Gasteiger partial charge in [-0.1, -0.05) is 38.8 Å². The molecule has 4 rings (SSSR count). The maximum absolute atomic E-state index is 12.6. The van der Waals surface area contributed by atoms with Crippen molar-refractivity contribution in [1.29, 1.82) is 0 Å². The van der Waals surface area contributed by atoms with Crippen LogP contribution < -0.4 is 5.32 Å². The molecule has 7 nitrogen and oxygen atoms in total. The van der Waals surface area contributed by atoms with E-state index in [1.165, 1.54) is 4.90 Å². The summed E-state index contributed by atoms with van der Waals surface area (Å²) in [5.41, 5.74) is 1.79. The molecule has 2 heterocycles. The van der Waals surface area contributed by atoms with Crippen LogP contribution in [0, 0.1) is 17.8 Å². The molecule has 7 heteroatoms. The fourth-order valence-corrected chi connectivity index (χ4v) is 4.58. The van der Waals surface area contributed by atoms with E-state index < -0.39 is 0 Å². The van der Waals surface area contributed by atoms with Crippen LogP contribution in [-0.2, 0) is 14.4 Å². The van der Waals surface area contributed by atoms with Crippen molar-refractivity contribution >= 4 is 28.8 Å². The highest BCUT2D eigenvalue weighted by Crippen LogP contribution is 2.38. The maximum atomic E-state index is 12.6. The Morgan fingerprint density at radius 2 is 1.83 bits per heavy atom. The molecule has 1 aliphatic heterocycles. The molecule has 1 saturated carbocycles. The van der Waals surface area contributed by atoms with E-state index in [4.69, 9.17) is 0 Å². The van der Waals surface area contributed by atoms with Gasteiger partial charge in [-0.25, -0.2) is 4.98 Å². The molecule has 0 bridgehead atoms. The highest BCUT2D eigenvalue weighted by atomic mass is 16.2. The lowest BCUT2D eigenvalue weighted by atomic mass is 9.81. The number of benzene rings is 1. The third-order valence-electron chi connectivity index (χ3n) is 6.18. The smallest absolute Gasteiger partial charge is 0.233 e. The largest absolute Gasteiger partial charge is 0.346 e. The van der Waals surface area contributed by atoms with Gasteiger partial charge in [0.25, 0.3) is 0 Å². The number of carbonyl (C=O) groups is 3. The van der Waals surface area contributed by atoms with Crippen molar-refractivity contribution in [1.82, 2.24) is 20.2 Å². The van der Waals surface area contributed by atoms with Crippen LogP contribution in [0.4, 0.5) is 0 Å². The number of H-pyrrole nitrogens is 1. The molecular formula is C22H28N4O3. The van der Waals surface area contributed by atoms with Crippen LogP contribution in [0.2, 0.25) is 0 Å². The van der Waals surface area contributed by atoms with E-state index >= 15 is 0 Å². The minimum absolute atomic E-state index is 0.0924. The minimum Gasteiger partial charge on any atom is -0.346 e. The first kappa shape index (κ1) is 19.6. The third kappa shape index (κ3) is 3.78. The highest BCUT2D eigenvalue weighted by molar-refractivity contribution is 6.05. The number of para-hydroxylation sites is 2. The quantitative estimate of drug-likeness (QED) is 0.734. The number of aromatic nitrogens is 2. The van der Waals surface area contributed by atoms with Crippen molar-refractivity contribution < 1.29 is 14.4 Å². The summed E-state index contributed by atoms with van der Waals surface area (Å²) < 4.78 is 0. The molecule has 1 aromatic carbocycles. The topological polar surface area (TPSA) is 95.2 Å². The second kappa shape index (κ2) is 7.97. The number of imide groups is 1. The highest BCUT2D eigenvalue weighted by Gasteiger charge is 2.47. The molecular weight excluding hydrogens is 368 g/mol. The molecule has 0 spiro atoms. The Morgan fingerprint density at radius 1 is 1.17 bits per heavy atom. The molecule has 1 saturated heterocycles.